The van der Waals surface area contributed by atoms with Crippen molar-refractivity contribution in [2.75, 3.05) is 13.1 Å². The van der Waals surface area contributed by atoms with Crippen LogP contribution in [0, 0.1) is 5.92 Å². The Kier molecular flexibility index (Phi) is 10.1. The van der Waals surface area contributed by atoms with Crippen LogP contribution in [-0.2, 0) is 25.4 Å². The predicted molar refractivity (Wildman–Crippen MR) is 165 cm³/mol. The van der Waals surface area contributed by atoms with Gasteiger partial charge in [-0.3, -0.25) is 9.59 Å². The zero-order valence-corrected chi connectivity index (χ0v) is 24.8. The maximum Gasteiger partial charge on any atom is 0.242 e. The van der Waals surface area contributed by atoms with E-state index in [2.05, 4.69) is 10.0 Å². The van der Waals surface area contributed by atoms with Crippen molar-refractivity contribution in [3.8, 4) is 0 Å². The van der Waals surface area contributed by atoms with Crippen LogP contribution in [0.1, 0.15) is 67.6 Å². The van der Waals surface area contributed by atoms with Crippen molar-refractivity contribution in [1.82, 2.24) is 14.9 Å². The van der Waals surface area contributed by atoms with Gasteiger partial charge >= 0.3 is 0 Å². The van der Waals surface area contributed by atoms with Gasteiger partial charge in [-0.1, -0.05) is 110 Å². The fourth-order valence-electron chi connectivity index (χ4n) is 6.42. The van der Waals surface area contributed by atoms with Crippen LogP contribution >= 0.6 is 0 Å². The second-order valence-corrected chi connectivity index (χ2v) is 13.3. The first-order valence-electron chi connectivity index (χ1n) is 15.1. The number of carbonyl (C=O) groups is 2. The van der Waals surface area contributed by atoms with E-state index in [0.717, 1.165) is 24.0 Å². The third-order valence-electron chi connectivity index (χ3n) is 8.55. The molecule has 2 amide bonds. The molecule has 3 aromatic carbocycles. The molecule has 0 radical (unpaired) electrons. The van der Waals surface area contributed by atoms with Gasteiger partial charge in [-0.05, 0) is 48.3 Å². The van der Waals surface area contributed by atoms with Gasteiger partial charge in [-0.15, -0.1) is 0 Å². The number of hydrogen-bond acceptors (Lipinski definition) is 4. The van der Waals surface area contributed by atoms with Crippen molar-refractivity contribution in [2.24, 2.45) is 5.92 Å². The SMILES string of the molecule is O=C(NCC1CCCCC1)[C@@H]1CCCN1C(=O)[C@H](NS(=O)(=O)Cc1ccccc1)C(c1ccccc1)c1ccccc1. The Hall–Kier alpha value is -3.49. The minimum Gasteiger partial charge on any atom is -0.354 e. The molecule has 8 heteroatoms. The van der Waals surface area contributed by atoms with E-state index in [-0.39, 0.29) is 17.6 Å². The minimum atomic E-state index is -3.93. The summed E-state index contributed by atoms with van der Waals surface area (Å²) < 4.78 is 30.1. The Morgan fingerprint density at radius 3 is 1.93 bits per heavy atom. The maximum absolute atomic E-state index is 14.5. The molecule has 3 aromatic rings. The first-order chi connectivity index (χ1) is 20.4. The van der Waals surface area contributed by atoms with Crippen LogP contribution in [-0.4, -0.2) is 50.3 Å². The number of sulfonamides is 1. The summed E-state index contributed by atoms with van der Waals surface area (Å²) in [6, 6.07) is 26.2. The number of likely N-dealkylation sites (tertiary alicyclic amines) is 1. The topological polar surface area (TPSA) is 95.6 Å². The zero-order chi connectivity index (χ0) is 29.4. The normalized spacial score (nSPS) is 18.6. The summed E-state index contributed by atoms with van der Waals surface area (Å²) >= 11 is 0. The largest absolute Gasteiger partial charge is 0.354 e. The molecule has 0 spiro atoms. The van der Waals surface area contributed by atoms with Gasteiger partial charge in [0.1, 0.15) is 12.1 Å². The maximum atomic E-state index is 14.5. The Morgan fingerprint density at radius 2 is 1.33 bits per heavy atom. The highest BCUT2D eigenvalue weighted by Crippen LogP contribution is 2.32. The van der Waals surface area contributed by atoms with Gasteiger partial charge in [0.15, 0.2) is 0 Å². The molecule has 0 unspecified atom stereocenters. The predicted octanol–water partition coefficient (Wildman–Crippen LogP) is 4.99. The van der Waals surface area contributed by atoms with Crippen LogP contribution in [0.25, 0.3) is 0 Å². The molecular weight excluding hydrogens is 546 g/mol. The van der Waals surface area contributed by atoms with E-state index in [4.69, 9.17) is 0 Å². The van der Waals surface area contributed by atoms with E-state index in [1.807, 2.05) is 66.7 Å². The van der Waals surface area contributed by atoms with E-state index in [9.17, 15) is 18.0 Å². The fraction of sp³-hybridized carbons (Fsp3) is 0.412. The van der Waals surface area contributed by atoms with Crippen molar-refractivity contribution in [3.05, 3.63) is 108 Å². The highest BCUT2D eigenvalue weighted by Gasteiger charge is 2.42. The lowest BCUT2D eigenvalue weighted by molar-refractivity contribution is -0.140. The Labute approximate surface area is 249 Å². The summed E-state index contributed by atoms with van der Waals surface area (Å²) in [6.07, 6.45) is 7.13. The molecule has 7 nitrogen and oxygen atoms in total. The monoisotopic (exact) mass is 587 g/mol. The summed E-state index contributed by atoms with van der Waals surface area (Å²) in [7, 11) is -3.93. The Balaban J connectivity index is 1.45. The second kappa shape index (κ2) is 14.1. The molecule has 1 heterocycles. The lowest BCUT2D eigenvalue weighted by atomic mass is 9.84. The van der Waals surface area contributed by atoms with Gasteiger partial charge in [0, 0.05) is 19.0 Å². The molecule has 42 heavy (non-hydrogen) atoms. The van der Waals surface area contributed by atoms with Crippen molar-refractivity contribution >= 4 is 21.8 Å². The van der Waals surface area contributed by atoms with E-state index in [1.165, 1.54) is 19.3 Å². The van der Waals surface area contributed by atoms with Gasteiger partial charge in [-0.2, -0.15) is 0 Å². The smallest absolute Gasteiger partial charge is 0.242 e. The zero-order valence-electron chi connectivity index (χ0n) is 24.0. The fourth-order valence-corrected chi connectivity index (χ4v) is 7.76. The summed E-state index contributed by atoms with van der Waals surface area (Å²) in [5.41, 5.74) is 2.28. The summed E-state index contributed by atoms with van der Waals surface area (Å²) in [4.78, 5) is 29.5. The lowest BCUT2D eigenvalue weighted by Crippen LogP contribution is -2.55. The molecule has 222 valence electrons. The number of benzene rings is 3. The molecule has 1 saturated carbocycles. The van der Waals surface area contributed by atoms with Crippen molar-refractivity contribution in [1.29, 1.82) is 0 Å². The molecular formula is C34H41N3O4S. The molecule has 0 bridgehead atoms. The first kappa shape index (κ1) is 30.0. The van der Waals surface area contributed by atoms with Crippen molar-refractivity contribution in [3.63, 3.8) is 0 Å². The molecule has 0 aromatic heterocycles. The van der Waals surface area contributed by atoms with Gasteiger partial charge in [0.25, 0.3) is 0 Å². The number of rotatable bonds is 11. The summed E-state index contributed by atoms with van der Waals surface area (Å²) in [6.45, 7) is 1.04. The standard InChI is InChI=1S/C34H41N3O4S/c38-33(35-24-26-14-5-1-6-15-26)30-22-13-23-37(30)34(39)32(36-42(40,41)25-27-16-7-2-8-17-27)31(28-18-9-3-10-19-28)29-20-11-4-12-21-29/h2-4,7-12,16-21,26,30-32,36H,1,5-6,13-15,22-25H2,(H,35,38)/t30-,32+/m0/s1. The number of amides is 2. The molecule has 2 fully saturated rings. The molecule has 2 atom stereocenters. The van der Waals surface area contributed by atoms with Gasteiger partial charge in [-0.25, -0.2) is 13.1 Å². The van der Waals surface area contributed by atoms with Gasteiger partial charge in [0.2, 0.25) is 21.8 Å². The first-order valence-corrected chi connectivity index (χ1v) is 16.8. The molecule has 1 saturated heterocycles. The Bertz CT molecular complexity index is 1370. The summed E-state index contributed by atoms with van der Waals surface area (Å²) in [5.74, 6) is -0.879. The highest BCUT2D eigenvalue weighted by molar-refractivity contribution is 7.88. The second-order valence-electron chi connectivity index (χ2n) is 11.6. The van der Waals surface area contributed by atoms with Gasteiger partial charge < -0.3 is 10.2 Å². The minimum absolute atomic E-state index is 0.145. The van der Waals surface area contributed by atoms with Crippen LogP contribution in [0.15, 0.2) is 91.0 Å². The van der Waals surface area contributed by atoms with E-state index in [0.29, 0.717) is 37.4 Å². The third-order valence-corrected chi connectivity index (χ3v) is 9.88. The molecule has 2 aliphatic rings. The van der Waals surface area contributed by atoms with Crippen molar-refractivity contribution < 1.29 is 18.0 Å². The number of nitrogens with zero attached hydrogens (tertiary/aromatic N) is 1. The Morgan fingerprint density at radius 1 is 0.762 bits per heavy atom. The molecule has 1 aliphatic heterocycles. The average Bonchev–Trinajstić information content (AvgIpc) is 3.51. The van der Waals surface area contributed by atoms with E-state index < -0.39 is 28.0 Å². The third kappa shape index (κ3) is 7.66. The quantitative estimate of drug-likeness (QED) is 0.330. The van der Waals surface area contributed by atoms with Crippen LogP contribution < -0.4 is 10.0 Å². The summed E-state index contributed by atoms with van der Waals surface area (Å²) in [5, 5.41) is 3.12. The van der Waals surface area contributed by atoms with Crippen LogP contribution in [0.4, 0.5) is 0 Å². The van der Waals surface area contributed by atoms with Gasteiger partial charge in [0.05, 0.1) is 5.75 Å². The average molecular weight is 588 g/mol. The number of nitrogens with one attached hydrogen (secondary N) is 2. The van der Waals surface area contributed by atoms with Crippen LogP contribution in [0.2, 0.25) is 0 Å². The van der Waals surface area contributed by atoms with Crippen LogP contribution in [0.3, 0.4) is 0 Å². The molecule has 2 N–H and O–H groups in total. The highest BCUT2D eigenvalue weighted by atomic mass is 32.2. The van der Waals surface area contributed by atoms with E-state index in [1.54, 1.807) is 29.2 Å². The molecule has 5 rings (SSSR count). The van der Waals surface area contributed by atoms with E-state index >= 15 is 0 Å². The van der Waals surface area contributed by atoms with Crippen molar-refractivity contribution in [2.45, 2.75) is 68.7 Å². The number of carbonyl (C=O) groups excluding carboxylic acids is 2. The lowest BCUT2D eigenvalue weighted by Gasteiger charge is -2.33. The van der Waals surface area contributed by atoms with Crippen LogP contribution in [0.5, 0.6) is 0 Å². The molecule has 1 aliphatic carbocycles. The number of hydrogen-bond donors (Lipinski definition) is 2.